The molecule has 3 amide bonds. The quantitative estimate of drug-likeness (QED) is 0.642. The summed E-state index contributed by atoms with van der Waals surface area (Å²) in [4.78, 5) is 23.8. The van der Waals surface area contributed by atoms with Crippen LogP contribution in [0.2, 0.25) is 0 Å². The van der Waals surface area contributed by atoms with Crippen molar-refractivity contribution in [2.75, 3.05) is 26.2 Å². The lowest BCUT2D eigenvalue weighted by Crippen LogP contribution is -2.36. The van der Waals surface area contributed by atoms with E-state index in [9.17, 15) is 9.59 Å². The van der Waals surface area contributed by atoms with Gasteiger partial charge in [-0.05, 0) is 38.3 Å². The van der Waals surface area contributed by atoms with Gasteiger partial charge in [-0.3, -0.25) is 9.69 Å². The Morgan fingerprint density at radius 2 is 2.27 bits per heavy atom. The van der Waals surface area contributed by atoms with Crippen LogP contribution in [0.15, 0.2) is 0 Å². The van der Waals surface area contributed by atoms with Crippen molar-refractivity contribution in [2.45, 2.75) is 19.3 Å². The van der Waals surface area contributed by atoms with E-state index in [2.05, 4.69) is 10.6 Å². The van der Waals surface area contributed by atoms with Crippen LogP contribution in [-0.2, 0) is 4.79 Å². The molecular formula is C10H17N3O2. The summed E-state index contributed by atoms with van der Waals surface area (Å²) >= 11 is 0. The van der Waals surface area contributed by atoms with Crippen LogP contribution < -0.4 is 10.6 Å². The fourth-order valence-corrected chi connectivity index (χ4v) is 2.16. The average Bonchev–Trinajstić information content (AvgIpc) is 2.58. The Labute approximate surface area is 89.2 Å². The van der Waals surface area contributed by atoms with Crippen LogP contribution in [0.4, 0.5) is 4.79 Å². The first-order chi connectivity index (χ1) is 7.27. The first-order valence-electron chi connectivity index (χ1n) is 5.56. The smallest absolute Gasteiger partial charge is 0.324 e. The summed E-state index contributed by atoms with van der Waals surface area (Å²) in [7, 11) is 0. The number of carbonyl (C=O) groups excluding carboxylic acids is 2. The minimum absolute atomic E-state index is 0.0937. The monoisotopic (exact) mass is 211 g/mol. The van der Waals surface area contributed by atoms with Crippen LogP contribution in [0.1, 0.15) is 19.3 Å². The fraction of sp³-hybridized carbons (Fsp3) is 0.800. The predicted molar refractivity (Wildman–Crippen MR) is 55.3 cm³/mol. The number of hydrogen-bond acceptors (Lipinski definition) is 3. The second-order valence-corrected chi connectivity index (χ2v) is 4.21. The minimum atomic E-state index is -0.233. The van der Waals surface area contributed by atoms with Crippen LogP contribution in [0.25, 0.3) is 0 Å². The summed E-state index contributed by atoms with van der Waals surface area (Å²) in [6, 6.07) is -0.233. The highest BCUT2D eigenvalue weighted by Crippen LogP contribution is 2.15. The molecule has 84 valence electrons. The number of nitrogens with zero attached hydrogens (tertiary/aromatic N) is 1. The number of carbonyl (C=O) groups is 2. The Kier molecular flexibility index (Phi) is 3.20. The number of piperidine rings is 1. The van der Waals surface area contributed by atoms with Crippen molar-refractivity contribution < 1.29 is 9.59 Å². The van der Waals surface area contributed by atoms with E-state index in [4.69, 9.17) is 0 Å². The normalized spacial score (nSPS) is 26.9. The number of amides is 3. The lowest BCUT2D eigenvalue weighted by Gasteiger charge is -2.24. The third kappa shape index (κ3) is 2.47. The number of nitrogens with one attached hydrogen (secondary N) is 2. The zero-order valence-electron chi connectivity index (χ0n) is 8.79. The van der Waals surface area contributed by atoms with E-state index in [1.807, 2.05) is 0 Å². The summed E-state index contributed by atoms with van der Waals surface area (Å²) in [5.41, 5.74) is 0. The molecule has 0 aliphatic carbocycles. The largest absolute Gasteiger partial charge is 0.329 e. The summed E-state index contributed by atoms with van der Waals surface area (Å²) in [5.74, 6) is 0.517. The molecule has 1 atom stereocenters. The van der Waals surface area contributed by atoms with Crippen LogP contribution in [0.3, 0.4) is 0 Å². The Hall–Kier alpha value is -1.10. The lowest BCUT2D eigenvalue weighted by molar-refractivity contribution is -0.125. The van der Waals surface area contributed by atoms with E-state index < -0.39 is 0 Å². The molecule has 0 aromatic carbocycles. The molecule has 2 aliphatic heterocycles. The van der Waals surface area contributed by atoms with Gasteiger partial charge in [-0.25, -0.2) is 4.79 Å². The van der Waals surface area contributed by atoms with E-state index >= 15 is 0 Å². The SMILES string of the molecule is O=C1CNC(=O)N1CCC1CCCNC1. The van der Waals surface area contributed by atoms with Gasteiger partial charge in [0.2, 0.25) is 5.91 Å². The van der Waals surface area contributed by atoms with Gasteiger partial charge in [-0.2, -0.15) is 0 Å². The van der Waals surface area contributed by atoms with Crippen LogP contribution in [0, 0.1) is 5.92 Å². The van der Waals surface area contributed by atoms with E-state index in [1.54, 1.807) is 0 Å². The Morgan fingerprint density at radius 1 is 1.40 bits per heavy atom. The zero-order chi connectivity index (χ0) is 10.7. The minimum Gasteiger partial charge on any atom is -0.329 e. The van der Waals surface area contributed by atoms with Crippen LogP contribution in [0.5, 0.6) is 0 Å². The summed E-state index contributed by atoms with van der Waals surface area (Å²) in [6.07, 6.45) is 3.33. The van der Waals surface area contributed by atoms with Crippen molar-refractivity contribution in [2.24, 2.45) is 5.92 Å². The standard InChI is InChI=1S/C10H17N3O2/c14-9-7-12-10(15)13(9)5-3-8-2-1-4-11-6-8/h8,11H,1-7H2,(H,12,15). The first kappa shape index (κ1) is 10.4. The highest BCUT2D eigenvalue weighted by Gasteiger charge is 2.28. The Morgan fingerprint density at radius 3 is 2.87 bits per heavy atom. The number of rotatable bonds is 3. The molecule has 0 aromatic heterocycles. The van der Waals surface area contributed by atoms with Crippen molar-refractivity contribution >= 4 is 11.9 Å². The fourth-order valence-electron chi connectivity index (χ4n) is 2.16. The third-order valence-electron chi connectivity index (χ3n) is 3.10. The molecule has 0 bridgehead atoms. The number of imide groups is 1. The molecule has 0 radical (unpaired) electrons. The van der Waals surface area contributed by atoms with Gasteiger partial charge in [0.25, 0.3) is 0 Å². The molecule has 5 nitrogen and oxygen atoms in total. The summed E-state index contributed by atoms with van der Waals surface area (Å²) in [5, 5.41) is 5.86. The van der Waals surface area contributed by atoms with Crippen molar-refractivity contribution in [3.8, 4) is 0 Å². The molecule has 2 aliphatic rings. The average molecular weight is 211 g/mol. The molecular weight excluding hydrogens is 194 g/mol. The van der Waals surface area contributed by atoms with Gasteiger partial charge < -0.3 is 10.6 Å². The molecule has 2 saturated heterocycles. The maximum Gasteiger partial charge on any atom is 0.324 e. The third-order valence-corrected chi connectivity index (χ3v) is 3.10. The van der Waals surface area contributed by atoms with Crippen LogP contribution >= 0.6 is 0 Å². The maximum absolute atomic E-state index is 11.3. The second kappa shape index (κ2) is 4.61. The topological polar surface area (TPSA) is 61.4 Å². The van der Waals surface area contributed by atoms with Gasteiger partial charge in [0, 0.05) is 6.54 Å². The lowest BCUT2D eigenvalue weighted by atomic mass is 9.96. The Bertz CT molecular complexity index is 245. The van der Waals surface area contributed by atoms with E-state index in [0.29, 0.717) is 12.5 Å². The summed E-state index contributed by atoms with van der Waals surface area (Å²) < 4.78 is 0. The molecule has 1 unspecified atom stereocenters. The molecule has 15 heavy (non-hydrogen) atoms. The molecule has 0 spiro atoms. The maximum atomic E-state index is 11.3. The van der Waals surface area contributed by atoms with Crippen molar-refractivity contribution in [3.05, 3.63) is 0 Å². The highest BCUT2D eigenvalue weighted by molar-refractivity contribution is 6.01. The molecule has 2 N–H and O–H groups in total. The van der Waals surface area contributed by atoms with Gasteiger partial charge in [0.05, 0.1) is 6.54 Å². The van der Waals surface area contributed by atoms with Crippen molar-refractivity contribution in [1.29, 1.82) is 0 Å². The van der Waals surface area contributed by atoms with E-state index in [1.165, 1.54) is 17.7 Å². The van der Waals surface area contributed by atoms with Crippen molar-refractivity contribution in [3.63, 3.8) is 0 Å². The van der Waals surface area contributed by atoms with E-state index in [-0.39, 0.29) is 18.5 Å². The highest BCUT2D eigenvalue weighted by atomic mass is 16.2. The number of hydrogen-bond donors (Lipinski definition) is 2. The molecule has 0 saturated carbocycles. The molecule has 5 heteroatoms. The Balaban J connectivity index is 1.76. The van der Waals surface area contributed by atoms with Gasteiger partial charge in [-0.15, -0.1) is 0 Å². The molecule has 2 rings (SSSR count). The zero-order valence-corrected chi connectivity index (χ0v) is 8.79. The first-order valence-corrected chi connectivity index (χ1v) is 5.56. The predicted octanol–water partition coefficient (Wildman–Crippen LogP) is -0.0721. The molecule has 0 aromatic rings. The van der Waals surface area contributed by atoms with E-state index in [0.717, 1.165) is 19.5 Å². The summed E-state index contributed by atoms with van der Waals surface area (Å²) in [6.45, 7) is 2.85. The molecule has 2 heterocycles. The van der Waals surface area contributed by atoms with Gasteiger partial charge in [0.1, 0.15) is 0 Å². The van der Waals surface area contributed by atoms with Gasteiger partial charge in [-0.1, -0.05) is 0 Å². The molecule has 2 fully saturated rings. The number of urea groups is 1. The van der Waals surface area contributed by atoms with Gasteiger partial charge in [0.15, 0.2) is 0 Å². The second-order valence-electron chi connectivity index (χ2n) is 4.21. The van der Waals surface area contributed by atoms with Crippen molar-refractivity contribution in [1.82, 2.24) is 15.5 Å². The van der Waals surface area contributed by atoms with Gasteiger partial charge >= 0.3 is 6.03 Å². The van der Waals surface area contributed by atoms with Crippen LogP contribution in [-0.4, -0.2) is 43.0 Å².